The minimum atomic E-state index is -1.55. The van der Waals surface area contributed by atoms with Crippen LogP contribution in [-0.4, -0.2) is 13.2 Å². The predicted molar refractivity (Wildman–Crippen MR) is 70.4 cm³/mol. The molecule has 0 saturated carbocycles. The van der Waals surface area contributed by atoms with Gasteiger partial charge in [0.1, 0.15) is 0 Å². The normalized spacial score (nSPS) is 12.8. The van der Waals surface area contributed by atoms with Crippen LogP contribution in [0.4, 0.5) is 8.78 Å². The summed E-state index contributed by atoms with van der Waals surface area (Å²) < 4.78 is 28.4. The fourth-order valence-corrected chi connectivity index (χ4v) is 1.01. The van der Waals surface area contributed by atoms with Crippen LogP contribution in [0.25, 0.3) is 0 Å². The molecule has 0 radical (unpaired) electrons. The third-order valence-corrected chi connectivity index (χ3v) is 2.08. The molecule has 1 rings (SSSR count). The average molecular weight is 248 g/mol. The van der Waals surface area contributed by atoms with Gasteiger partial charge in [-0.3, -0.25) is 0 Å². The number of hydrogen-bond acceptors (Lipinski definition) is 1. The predicted octanol–water partition coefficient (Wildman–Crippen LogP) is 5.34. The Balaban J connectivity index is 0. The minimum Gasteiger partial charge on any atom is -0.381 e. The Bertz CT molecular complexity index is 207. The van der Waals surface area contributed by atoms with Crippen molar-refractivity contribution in [1.82, 2.24) is 0 Å². The van der Waals surface area contributed by atoms with Crippen LogP contribution in [0.15, 0.2) is 23.8 Å². The molecule has 3 heteroatoms. The molecule has 1 nitrogen and oxygen atoms in total. The third kappa shape index (κ3) is 15.3. The summed E-state index contributed by atoms with van der Waals surface area (Å²) in [6.07, 6.45) is 2.09. The molecule has 0 aromatic heterocycles. The molecule has 0 spiro atoms. The smallest absolute Gasteiger partial charge is 0.269 e. The van der Waals surface area contributed by atoms with Gasteiger partial charge in [0.05, 0.1) is 0 Å². The van der Waals surface area contributed by atoms with Gasteiger partial charge in [0.15, 0.2) is 0 Å². The zero-order valence-electron chi connectivity index (χ0n) is 11.6. The first-order valence-corrected chi connectivity index (χ1v) is 6.27. The van der Waals surface area contributed by atoms with Crippen LogP contribution >= 0.6 is 0 Å². The maximum absolute atomic E-state index is 11.7. The molecule has 1 saturated heterocycles. The van der Waals surface area contributed by atoms with E-state index < -0.39 is 6.08 Å². The first-order chi connectivity index (χ1) is 8.04. The maximum atomic E-state index is 11.7. The van der Waals surface area contributed by atoms with Crippen molar-refractivity contribution >= 4 is 0 Å². The summed E-state index contributed by atoms with van der Waals surface area (Å²) in [6, 6.07) is 0. The van der Waals surface area contributed by atoms with Gasteiger partial charge in [-0.1, -0.05) is 19.4 Å². The number of ether oxygens (including phenoxy) is 1. The Kier molecular flexibility index (Phi) is 14.7. The highest BCUT2D eigenvalue weighted by Crippen LogP contribution is 2.14. The zero-order chi connectivity index (χ0) is 13.7. The molecule has 1 aliphatic rings. The van der Waals surface area contributed by atoms with Gasteiger partial charge in [-0.15, -0.1) is 6.58 Å². The van der Waals surface area contributed by atoms with Crippen LogP contribution in [0, 0.1) is 0 Å². The number of hydrogen-bond donors (Lipinski definition) is 0. The SMILES string of the molecule is C1CCOC1.C=C(C)CCC(C)=C(F)F.CC. The molecular formula is C14H26F2O. The second-order valence-corrected chi connectivity index (χ2v) is 3.82. The number of rotatable bonds is 3. The lowest BCUT2D eigenvalue weighted by atomic mass is 10.1. The molecule has 0 aromatic rings. The molecule has 0 bridgehead atoms. The summed E-state index contributed by atoms with van der Waals surface area (Å²) in [5.41, 5.74) is 1.11. The van der Waals surface area contributed by atoms with E-state index in [0.717, 1.165) is 18.8 Å². The largest absolute Gasteiger partial charge is 0.381 e. The highest BCUT2D eigenvalue weighted by atomic mass is 19.3. The van der Waals surface area contributed by atoms with E-state index in [1.54, 1.807) is 0 Å². The van der Waals surface area contributed by atoms with Gasteiger partial charge in [-0.05, 0) is 45.1 Å². The quantitative estimate of drug-likeness (QED) is 0.613. The van der Waals surface area contributed by atoms with E-state index in [9.17, 15) is 8.78 Å². The molecule has 102 valence electrons. The molecule has 1 heterocycles. The van der Waals surface area contributed by atoms with E-state index in [0.29, 0.717) is 12.8 Å². The fraction of sp³-hybridized carbons (Fsp3) is 0.714. The topological polar surface area (TPSA) is 9.23 Å². The molecule has 1 aliphatic heterocycles. The van der Waals surface area contributed by atoms with Crippen molar-refractivity contribution in [3.05, 3.63) is 23.8 Å². The maximum Gasteiger partial charge on any atom is 0.269 e. The summed E-state index contributed by atoms with van der Waals surface area (Å²) >= 11 is 0. The Morgan fingerprint density at radius 2 is 1.53 bits per heavy atom. The summed E-state index contributed by atoms with van der Waals surface area (Å²) in [4.78, 5) is 0. The van der Waals surface area contributed by atoms with Crippen molar-refractivity contribution in [1.29, 1.82) is 0 Å². The molecule has 1 fully saturated rings. The van der Waals surface area contributed by atoms with Crippen LogP contribution in [0.2, 0.25) is 0 Å². The summed E-state index contributed by atoms with van der Waals surface area (Å²) in [5.74, 6) is 0. The lowest BCUT2D eigenvalue weighted by molar-refractivity contribution is 0.198. The van der Waals surface area contributed by atoms with Crippen LogP contribution in [0.3, 0.4) is 0 Å². The van der Waals surface area contributed by atoms with Gasteiger partial charge in [0.25, 0.3) is 6.08 Å². The van der Waals surface area contributed by atoms with E-state index >= 15 is 0 Å². The monoisotopic (exact) mass is 248 g/mol. The van der Waals surface area contributed by atoms with Crippen molar-refractivity contribution < 1.29 is 13.5 Å². The van der Waals surface area contributed by atoms with Crippen molar-refractivity contribution in [2.45, 2.75) is 53.4 Å². The van der Waals surface area contributed by atoms with Crippen molar-refractivity contribution in [3.8, 4) is 0 Å². The molecule has 17 heavy (non-hydrogen) atoms. The molecule has 0 aliphatic carbocycles. The van der Waals surface area contributed by atoms with E-state index in [-0.39, 0.29) is 5.57 Å². The Labute approximate surface area is 105 Å². The number of halogens is 2. The van der Waals surface area contributed by atoms with Crippen LogP contribution < -0.4 is 0 Å². The summed E-state index contributed by atoms with van der Waals surface area (Å²) in [6.45, 7) is 12.9. The van der Waals surface area contributed by atoms with Gasteiger partial charge >= 0.3 is 0 Å². The van der Waals surface area contributed by atoms with Gasteiger partial charge < -0.3 is 4.74 Å². The van der Waals surface area contributed by atoms with E-state index in [1.807, 2.05) is 20.8 Å². The first kappa shape index (κ1) is 18.7. The van der Waals surface area contributed by atoms with Crippen molar-refractivity contribution in [2.24, 2.45) is 0 Å². The zero-order valence-corrected chi connectivity index (χ0v) is 11.6. The van der Waals surface area contributed by atoms with Crippen LogP contribution in [-0.2, 0) is 4.74 Å². The van der Waals surface area contributed by atoms with Gasteiger partial charge in [0.2, 0.25) is 0 Å². The molecule has 0 amide bonds. The molecule has 0 N–H and O–H groups in total. The van der Waals surface area contributed by atoms with Crippen molar-refractivity contribution in [3.63, 3.8) is 0 Å². The standard InChI is InChI=1S/C8H12F2.C4H8O.C2H6/c1-6(2)4-5-7(3)8(9)10;1-2-4-5-3-1;1-2/h1,4-5H2,2-3H3;1-4H2;1-2H3. The molecular weight excluding hydrogens is 222 g/mol. The fourth-order valence-electron chi connectivity index (χ4n) is 1.01. The van der Waals surface area contributed by atoms with Crippen LogP contribution in [0.1, 0.15) is 53.4 Å². The summed E-state index contributed by atoms with van der Waals surface area (Å²) in [5, 5.41) is 0. The second-order valence-electron chi connectivity index (χ2n) is 3.82. The van der Waals surface area contributed by atoms with E-state index in [2.05, 4.69) is 6.58 Å². The van der Waals surface area contributed by atoms with E-state index in [4.69, 9.17) is 4.74 Å². The van der Waals surface area contributed by atoms with Gasteiger partial charge in [-0.25, -0.2) is 0 Å². The van der Waals surface area contributed by atoms with Gasteiger partial charge in [0, 0.05) is 13.2 Å². The summed E-state index contributed by atoms with van der Waals surface area (Å²) in [7, 11) is 0. The lowest BCUT2D eigenvalue weighted by Gasteiger charge is -1.97. The Hall–Kier alpha value is -0.700. The number of allylic oxidation sites excluding steroid dienone is 2. The highest BCUT2D eigenvalue weighted by molar-refractivity contribution is 5.02. The molecule has 0 atom stereocenters. The minimum absolute atomic E-state index is 0.169. The van der Waals surface area contributed by atoms with E-state index in [1.165, 1.54) is 19.8 Å². The van der Waals surface area contributed by atoms with Gasteiger partial charge in [-0.2, -0.15) is 8.78 Å². The highest BCUT2D eigenvalue weighted by Gasteiger charge is 1.98. The molecule has 0 unspecified atom stereocenters. The van der Waals surface area contributed by atoms with Crippen molar-refractivity contribution in [2.75, 3.05) is 13.2 Å². The van der Waals surface area contributed by atoms with Crippen LogP contribution in [0.5, 0.6) is 0 Å². The second kappa shape index (κ2) is 13.4. The molecule has 0 aromatic carbocycles. The Morgan fingerprint density at radius 3 is 1.76 bits per heavy atom. The third-order valence-electron chi connectivity index (χ3n) is 2.08. The average Bonchev–Trinajstić information content (AvgIpc) is 2.87. The first-order valence-electron chi connectivity index (χ1n) is 6.27. The lowest BCUT2D eigenvalue weighted by Crippen LogP contribution is -1.80. The Morgan fingerprint density at radius 1 is 1.06 bits per heavy atom.